The molecule has 1 aliphatic carbocycles. The van der Waals surface area contributed by atoms with Crippen molar-refractivity contribution in [2.24, 2.45) is 11.8 Å². The minimum atomic E-state index is 0.261. The Hall–Kier alpha value is -0.380. The van der Waals surface area contributed by atoms with Gasteiger partial charge in [0.15, 0.2) is 0 Å². The van der Waals surface area contributed by atoms with Gasteiger partial charge in [-0.25, -0.2) is 0 Å². The molecule has 2 rings (SSSR count). The highest BCUT2D eigenvalue weighted by molar-refractivity contribution is 9.10. The molecule has 0 saturated heterocycles. The molecule has 3 N–H and O–H groups in total. The first-order valence-electron chi connectivity index (χ1n) is 7.43. The largest absolute Gasteiger partial charge is 0.271 e. The van der Waals surface area contributed by atoms with E-state index in [1.807, 2.05) is 0 Å². The normalized spacial score (nSPS) is 18.5. The van der Waals surface area contributed by atoms with E-state index in [9.17, 15) is 0 Å². The van der Waals surface area contributed by atoms with E-state index >= 15 is 0 Å². The molecule has 0 aliphatic heterocycles. The number of benzene rings is 1. The standard InChI is InChI=1S/C16H25BrN2/c1-12-7-9-14(15(17)11-12)16(19-18)10-8-13-5-3-2-4-6-13/h7,9,11,13,16,19H,2-6,8,10,18H2,1H3. The highest BCUT2D eigenvalue weighted by Crippen LogP contribution is 2.32. The topological polar surface area (TPSA) is 38.0 Å². The second-order valence-electron chi connectivity index (χ2n) is 5.83. The summed E-state index contributed by atoms with van der Waals surface area (Å²) in [7, 11) is 0. The van der Waals surface area contributed by atoms with Crippen molar-refractivity contribution in [2.75, 3.05) is 0 Å². The van der Waals surface area contributed by atoms with Gasteiger partial charge in [-0.15, -0.1) is 0 Å². The summed E-state index contributed by atoms with van der Waals surface area (Å²) in [5.41, 5.74) is 5.55. The zero-order valence-electron chi connectivity index (χ0n) is 11.8. The molecule has 106 valence electrons. The minimum absolute atomic E-state index is 0.261. The van der Waals surface area contributed by atoms with Gasteiger partial charge in [-0.05, 0) is 42.9 Å². The molecule has 2 nitrogen and oxygen atoms in total. The Morgan fingerprint density at radius 1 is 1.32 bits per heavy atom. The van der Waals surface area contributed by atoms with Crippen molar-refractivity contribution in [3.63, 3.8) is 0 Å². The number of hydrazine groups is 1. The summed E-state index contributed by atoms with van der Waals surface area (Å²) in [6.07, 6.45) is 9.49. The third-order valence-electron chi connectivity index (χ3n) is 4.32. The Morgan fingerprint density at radius 2 is 2.05 bits per heavy atom. The summed E-state index contributed by atoms with van der Waals surface area (Å²) < 4.78 is 1.17. The second-order valence-corrected chi connectivity index (χ2v) is 6.68. The van der Waals surface area contributed by atoms with E-state index < -0.39 is 0 Å². The zero-order chi connectivity index (χ0) is 13.7. The van der Waals surface area contributed by atoms with Crippen LogP contribution in [-0.4, -0.2) is 0 Å². The van der Waals surface area contributed by atoms with E-state index in [-0.39, 0.29) is 6.04 Å². The molecule has 1 fully saturated rings. The molecule has 1 aromatic carbocycles. The number of hydrogen-bond donors (Lipinski definition) is 2. The fourth-order valence-corrected chi connectivity index (χ4v) is 3.89. The van der Waals surface area contributed by atoms with Gasteiger partial charge in [-0.1, -0.05) is 60.2 Å². The SMILES string of the molecule is Cc1ccc(C(CCC2CCCCC2)NN)c(Br)c1. The number of nitrogens with two attached hydrogens (primary N) is 1. The molecule has 1 aliphatic rings. The predicted molar refractivity (Wildman–Crippen MR) is 84.8 cm³/mol. The number of halogens is 1. The second kappa shape index (κ2) is 7.41. The highest BCUT2D eigenvalue weighted by atomic mass is 79.9. The monoisotopic (exact) mass is 324 g/mol. The number of nitrogens with one attached hydrogen (secondary N) is 1. The van der Waals surface area contributed by atoms with Gasteiger partial charge in [0.2, 0.25) is 0 Å². The smallest absolute Gasteiger partial charge is 0.0471 e. The van der Waals surface area contributed by atoms with Gasteiger partial charge < -0.3 is 0 Å². The van der Waals surface area contributed by atoms with E-state index in [1.54, 1.807) is 0 Å². The quantitative estimate of drug-likeness (QED) is 0.612. The van der Waals surface area contributed by atoms with Gasteiger partial charge >= 0.3 is 0 Å². The summed E-state index contributed by atoms with van der Waals surface area (Å²) in [6.45, 7) is 2.11. The van der Waals surface area contributed by atoms with Crippen LogP contribution in [0.1, 0.15) is 62.1 Å². The zero-order valence-corrected chi connectivity index (χ0v) is 13.4. The summed E-state index contributed by atoms with van der Waals surface area (Å²) in [5, 5.41) is 0. The summed E-state index contributed by atoms with van der Waals surface area (Å²) >= 11 is 3.66. The molecule has 1 atom stereocenters. The van der Waals surface area contributed by atoms with E-state index in [4.69, 9.17) is 5.84 Å². The van der Waals surface area contributed by atoms with Crippen LogP contribution in [0.5, 0.6) is 0 Å². The van der Waals surface area contributed by atoms with Crippen LogP contribution in [0.15, 0.2) is 22.7 Å². The summed E-state index contributed by atoms with van der Waals surface area (Å²) in [4.78, 5) is 0. The molecule has 0 aromatic heterocycles. The lowest BCUT2D eigenvalue weighted by Crippen LogP contribution is -2.29. The average Bonchev–Trinajstić information content (AvgIpc) is 2.42. The highest BCUT2D eigenvalue weighted by Gasteiger charge is 2.18. The lowest BCUT2D eigenvalue weighted by atomic mass is 9.84. The van der Waals surface area contributed by atoms with Crippen molar-refractivity contribution in [3.05, 3.63) is 33.8 Å². The van der Waals surface area contributed by atoms with Crippen LogP contribution in [0, 0.1) is 12.8 Å². The fraction of sp³-hybridized carbons (Fsp3) is 0.625. The molecule has 0 heterocycles. The van der Waals surface area contributed by atoms with Gasteiger partial charge in [-0.2, -0.15) is 0 Å². The van der Waals surface area contributed by atoms with Crippen molar-refractivity contribution in [1.29, 1.82) is 0 Å². The van der Waals surface area contributed by atoms with Gasteiger partial charge in [-0.3, -0.25) is 11.3 Å². The third kappa shape index (κ3) is 4.30. The van der Waals surface area contributed by atoms with Gasteiger partial charge in [0.05, 0.1) is 0 Å². The van der Waals surface area contributed by atoms with Crippen LogP contribution >= 0.6 is 15.9 Å². The van der Waals surface area contributed by atoms with Crippen LogP contribution in [-0.2, 0) is 0 Å². The first-order valence-corrected chi connectivity index (χ1v) is 8.22. The van der Waals surface area contributed by atoms with E-state index in [0.29, 0.717) is 0 Å². The molecule has 3 heteroatoms. The third-order valence-corrected chi connectivity index (χ3v) is 5.01. The number of rotatable bonds is 5. The Bertz CT molecular complexity index is 400. The maximum absolute atomic E-state index is 5.76. The van der Waals surface area contributed by atoms with Crippen molar-refractivity contribution in [3.8, 4) is 0 Å². The molecular formula is C16H25BrN2. The van der Waals surface area contributed by atoms with E-state index in [1.165, 1.54) is 54.1 Å². The van der Waals surface area contributed by atoms with E-state index in [2.05, 4.69) is 46.5 Å². The molecule has 1 unspecified atom stereocenters. The van der Waals surface area contributed by atoms with Gasteiger partial charge in [0.1, 0.15) is 0 Å². The molecule has 1 saturated carbocycles. The molecule has 19 heavy (non-hydrogen) atoms. The Kier molecular flexibility index (Phi) is 5.86. The maximum atomic E-state index is 5.76. The van der Waals surface area contributed by atoms with Crippen LogP contribution < -0.4 is 11.3 Å². The Morgan fingerprint density at radius 3 is 2.68 bits per heavy atom. The van der Waals surface area contributed by atoms with Crippen LogP contribution in [0.2, 0.25) is 0 Å². The van der Waals surface area contributed by atoms with Gasteiger partial charge in [0.25, 0.3) is 0 Å². The van der Waals surface area contributed by atoms with Crippen LogP contribution in [0.4, 0.5) is 0 Å². The molecular weight excluding hydrogens is 300 g/mol. The molecule has 0 bridgehead atoms. The molecule has 0 spiro atoms. The maximum Gasteiger partial charge on any atom is 0.0471 e. The molecule has 0 amide bonds. The van der Waals surface area contributed by atoms with Gasteiger partial charge in [0, 0.05) is 10.5 Å². The summed E-state index contributed by atoms with van der Waals surface area (Å²) in [6, 6.07) is 6.77. The first-order chi connectivity index (χ1) is 9.20. The minimum Gasteiger partial charge on any atom is -0.271 e. The van der Waals surface area contributed by atoms with Crippen molar-refractivity contribution >= 4 is 15.9 Å². The lowest BCUT2D eigenvalue weighted by Gasteiger charge is -2.24. The van der Waals surface area contributed by atoms with Crippen molar-refractivity contribution < 1.29 is 0 Å². The Labute approximate surface area is 125 Å². The predicted octanol–water partition coefficient (Wildman–Crippen LogP) is 4.62. The number of aryl methyl sites for hydroxylation is 1. The molecule has 0 radical (unpaired) electrons. The molecule has 1 aromatic rings. The lowest BCUT2D eigenvalue weighted by molar-refractivity contribution is 0.314. The fourth-order valence-electron chi connectivity index (χ4n) is 3.12. The van der Waals surface area contributed by atoms with Crippen LogP contribution in [0.3, 0.4) is 0 Å². The average molecular weight is 325 g/mol. The van der Waals surface area contributed by atoms with Crippen molar-refractivity contribution in [1.82, 2.24) is 5.43 Å². The van der Waals surface area contributed by atoms with E-state index in [0.717, 1.165) is 12.3 Å². The first kappa shape index (κ1) is 15.0. The van der Waals surface area contributed by atoms with Crippen molar-refractivity contribution in [2.45, 2.75) is 57.9 Å². The summed E-state index contributed by atoms with van der Waals surface area (Å²) in [5.74, 6) is 6.67. The number of hydrogen-bond acceptors (Lipinski definition) is 2. The van der Waals surface area contributed by atoms with Crippen LogP contribution in [0.25, 0.3) is 0 Å². The Balaban J connectivity index is 1.95.